The number of aryl methyl sites for hydroxylation is 1. The maximum Gasteiger partial charge on any atom is 0.169 e. The molecule has 1 aromatic heterocycles. The van der Waals surface area contributed by atoms with Gasteiger partial charge in [-0.2, -0.15) is 5.10 Å². The number of methoxy groups -OCH3 is 1. The maximum atomic E-state index is 5.95. The topological polar surface area (TPSA) is 79.1 Å². The molecule has 5 nitrogen and oxygen atoms in total. The van der Waals surface area contributed by atoms with Crippen molar-refractivity contribution in [2.45, 2.75) is 13.5 Å². The van der Waals surface area contributed by atoms with Gasteiger partial charge in [-0.05, 0) is 19.1 Å². The Morgan fingerprint density at radius 3 is 2.76 bits per heavy atom. The molecule has 0 spiro atoms. The van der Waals surface area contributed by atoms with Crippen LogP contribution < -0.4 is 16.2 Å². The number of nitrogens with two attached hydrogens (primary N) is 2. The van der Waals surface area contributed by atoms with Gasteiger partial charge in [0.1, 0.15) is 11.4 Å². The van der Waals surface area contributed by atoms with Gasteiger partial charge in [-0.25, -0.2) is 0 Å². The van der Waals surface area contributed by atoms with Crippen LogP contribution in [0.2, 0.25) is 0 Å². The second-order valence-corrected chi connectivity index (χ2v) is 3.70. The molecule has 0 saturated carbocycles. The lowest BCUT2D eigenvalue weighted by Crippen LogP contribution is -2.00. The zero-order chi connectivity index (χ0) is 12.4. The molecule has 5 heteroatoms. The molecule has 4 N–H and O–H groups in total. The molecule has 0 aliphatic heterocycles. The summed E-state index contributed by atoms with van der Waals surface area (Å²) in [5, 5.41) is 4.19. The van der Waals surface area contributed by atoms with Crippen LogP contribution in [0.15, 0.2) is 24.3 Å². The third kappa shape index (κ3) is 1.91. The van der Waals surface area contributed by atoms with Gasteiger partial charge in [-0.15, -0.1) is 0 Å². The molecule has 0 radical (unpaired) electrons. The highest BCUT2D eigenvalue weighted by Crippen LogP contribution is 2.31. The largest absolute Gasteiger partial charge is 0.497 e. The highest BCUT2D eigenvalue weighted by Gasteiger charge is 2.14. The van der Waals surface area contributed by atoms with E-state index in [2.05, 4.69) is 5.10 Å². The summed E-state index contributed by atoms with van der Waals surface area (Å²) < 4.78 is 6.99. The Bertz CT molecular complexity index is 533. The molecule has 0 saturated heterocycles. The lowest BCUT2D eigenvalue weighted by Gasteiger charge is -2.07. The van der Waals surface area contributed by atoms with Crippen molar-refractivity contribution in [3.63, 3.8) is 0 Å². The second kappa shape index (κ2) is 4.37. The molecule has 0 fully saturated rings. The first-order chi connectivity index (χ1) is 8.17. The molecule has 1 aromatic carbocycles. The molecule has 90 valence electrons. The number of nitrogen functional groups attached to an aromatic ring is 2. The molecule has 0 aliphatic rings. The fourth-order valence-corrected chi connectivity index (χ4v) is 1.80. The monoisotopic (exact) mass is 232 g/mol. The van der Waals surface area contributed by atoms with Crippen LogP contribution in [0.4, 0.5) is 11.5 Å². The number of anilines is 2. The first-order valence-corrected chi connectivity index (χ1v) is 5.43. The Hall–Kier alpha value is -2.17. The average molecular weight is 232 g/mol. The van der Waals surface area contributed by atoms with Crippen molar-refractivity contribution >= 4 is 11.5 Å². The number of nitrogens with zero attached hydrogens (tertiary/aromatic N) is 2. The van der Waals surface area contributed by atoms with Gasteiger partial charge in [-0.1, -0.05) is 12.1 Å². The molecule has 2 rings (SSSR count). The number of aromatic nitrogens is 2. The zero-order valence-corrected chi connectivity index (χ0v) is 9.97. The van der Waals surface area contributed by atoms with E-state index in [1.807, 2.05) is 31.2 Å². The summed E-state index contributed by atoms with van der Waals surface area (Å²) in [6.07, 6.45) is 0. The van der Waals surface area contributed by atoms with Gasteiger partial charge >= 0.3 is 0 Å². The van der Waals surface area contributed by atoms with E-state index in [0.29, 0.717) is 18.1 Å². The summed E-state index contributed by atoms with van der Waals surface area (Å²) >= 11 is 0. The van der Waals surface area contributed by atoms with E-state index in [4.69, 9.17) is 16.2 Å². The lowest BCUT2D eigenvalue weighted by molar-refractivity contribution is 0.415. The minimum absolute atomic E-state index is 0.365. The van der Waals surface area contributed by atoms with Crippen LogP contribution in [0.1, 0.15) is 6.92 Å². The summed E-state index contributed by atoms with van der Waals surface area (Å²) in [6.45, 7) is 2.71. The van der Waals surface area contributed by atoms with Crippen molar-refractivity contribution in [1.29, 1.82) is 0 Å². The Morgan fingerprint density at radius 2 is 2.12 bits per heavy atom. The fourth-order valence-electron chi connectivity index (χ4n) is 1.80. The first kappa shape index (κ1) is 11.3. The minimum Gasteiger partial charge on any atom is -0.497 e. The van der Waals surface area contributed by atoms with Crippen LogP contribution in [0.5, 0.6) is 5.75 Å². The maximum absolute atomic E-state index is 5.95. The fraction of sp³-hybridized carbons (Fsp3) is 0.250. The van der Waals surface area contributed by atoms with Crippen LogP contribution in [0.3, 0.4) is 0 Å². The van der Waals surface area contributed by atoms with Gasteiger partial charge in [0.25, 0.3) is 0 Å². The summed E-state index contributed by atoms with van der Waals surface area (Å²) in [4.78, 5) is 0. The van der Waals surface area contributed by atoms with E-state index in [0.717, 1.165) is 17.0 Å². The Balaban J connectivity index is 2.58. The number of benzene rings is 1. The Labute approximate surface area is 100.0 Å². The predicted molar refractivity (Wildman–Crippen MR) is 68.7 cm³/mol. The minimum atomic E-state index is 0.365. The molecule has 0 amide bonds. The normalized spacial score (nSPS) is 10.5. The smallest absolute Gasteiger partial charge is 0.169 e. The number of ether oxygens (including phenoxy) is 1. The van der Waals surface area contributed by atoms with Gasteiger partial charge in [0.05, 0.1) is 12.8 Å². The lowest BCUT2D eigenvalue weighted by atomic mass is 10.1. The molecule has 0 unspecified atom stereocenters. The standard InChI is InChI=1S/C12H16N4O/c1-3-16-11(10(13)12(14)15-16)8-5-4-6-9(7-8)17-2/h4-7H,3,13H2,1-2H3,(H2,14,15). The highest BCUT2D eigenvalue weighted by molar-refractivity contribution is 5.81. The zero-order valence-electron chi connectivity index (χ0n) is 9.97. The second-order valence-electron chi connectivity index (χ2n) is 3.70. The van der Waals surface area contributed by atoms with Gasteiger partial charge in [-0.3, -0.25) is 4.68 Å². The third-order valence-electron chi connectivity index (χ3n) is 2.66. The number of hydrogen-bond donors (Lipinski definition) is 2. The van der Waals surface area contributed by atoms with Crippen molar-refractivity contribution in [1.82, 2.24) is 9.78 Å². The predicted octanol–water partition coefficient (Wildman–Crippen LogP) is 1.74. The van der Waals surface area contributed by atoms with Gasteiger partial charge in [0, 0.05) is 12.1 Å². The quantitative estimate of drug-likeness (QED) is 0.844. The van der Waals surface area contributed by atoms with Gasteiger partial charge in [0.2, 0.25) is 0 Å². The van der Waals surface area contributed by atoms with Crippen LogP contribution in [-0.4, -0.2) is 16.9 Å². The summed E-state index contributed by atoms with van der Waals surface area (Å²) in [5.41, 5.74) is 14.0. The van der Waals surface area contributed by atoms with E-state index in [9.17, 15) is 0 Å². The van der Waals surface area contributed by atoms with Crippen LogP contribution in [-0.2, 0) is 6.54 Å². The van der Waals surface area contributed by atoms with Crippen molar-refractivity contribution in [2.24, 2.45) is 0 Å². The molecule has 17 heavy (non-hydrogen) atoms. The van der Waals surface area contributed by atoms with Crippen molar-refractivity contribution in [3.05, 3.63) is 24.3 Å². The average Bonchev–Trinajstić information content (AvgIpc) is 2.65. The van der Waals surface area contributed by atoms with Gasteiger partial charge < -0.3 is 16.2 Å². The van der Waals surface area contributed by atoms with Crippen molar-refractivity contribution in [3.8, 4) is 17.0 Å². The molecule has 0 bridgehead atoms. The van der Waals surface area contributed by atoms with E-state index in [1.165, 1.54) is 0 Å². The Morgan fingerprint density at radius 1 is 1.35 bits per heavy atom. The van der Waals surface area contributed by atoms with E-state index in [-0.39, 0.29) is 0 Å². The third-order valence-corrected chi connectivity index (χ3v) is 2.66. The summed E-state index contributed by atoms with van der Waals surface area (Å²) in [7, 11) is 1.63. The SMILES string of the molecule is CCn1nc(N)c(N)c1-c1cccc(OC)c1. The number of hydrogen-bond acceptors (Lipinski definition) is 4. The van der Waals surface area contributed by atoms with Crippen LogP contribution in [0.25, 0.3) is 11.3 Å². The first-order valence-electron chi connectivity index (χ1n) is 5.43. The van der Waals surface area contributed by atoms with Gasteiger partial charge in [0.15, 0.2) is 5.82 Å². The molecular formula is C12H16N4O. The molecular weight excluding hydrogens is 216 g/mol. The Kier molecular flexibility index (Phi) is 2.91. The van der Waals surface area contributed by atoms with E-state index < -0.39 is 0 Å². The molecule has 0 atom stereocenters. The molecule has 0 aliphatic carbocycles. The van der Waals surface area contributed by atoms with E-state index >= 15 is 0 Å². The van der Waals surface area contributed by atoms with Crippen molar-refractivity contribution in [2.75, 3.05) is 18.6 Å². The van der Waals surface area contributed by atoms with E-state index in [1.54, 1.807) is 11.8 Å². The van der Waals surface area contributed by atoms with Crippen LogP contribution >= 0.6 is 0 Å². The number of rotatable bonds is 3. The highest BCUT2D eigenvalue weighted by atomic mass is 16.5. The summed E-state index contributed by atoms with van der Waals surface area (Å²) in [6, 6.07) is 7.67. The van der Waals surface area contributed by atoms with Crippen LogP contribution in [0, 0.1) is 0 Å². The molecule has 1 heterocycles. The molecule has 2 aromatic rings. The summed E-state index contributed by atoms with van der Waals surface area (Å²) in [5.74, 6) is 1.15. The van der Waals surface area contributed by atoms with Crippen molar-refractivity contribution < 1.29 is 4.74 Å².